The Morgan fingerprint density at radius 3 is 2.35 bits per heavy atom. The van der Waals surface area contributed by atoms with Gasteiger partial charge in [-0.2, -0.15) is 0 Å². The van der Waals surface area contributed by atoms with Crippen LogP contribution in [-0.4, -0.2) is 5.78 Å². The highest BCUT2D eigenvalue weighted by Crippen LogP contribution is 2.21. The van der Waals surface area contributed by atoms with Crippen LogP contribution in [0.25, 0.3) is 0 Å². The summed E-state index contributed by atoms with van der Waals surface area (Å²) < 4.78 is 44.1. The van der Waals surface area contributed by atoms with E-state index in [1.807, 2.05) is 0 Å². The number of carbonyl (C=O) groups excluding carboxylic acids is 1. The smallest absolute Gasteiger partial charge is 0.231 e. The maximum absolute atomic E-state index is 13.3. The van der Waals surface area contributed by atoms with Crippen LogP contribution in [0, 0.1) is 17.5 Å². The zero-order valence-corrected chi connectivity index (χ0v) is 9.72. The molecule has 1 aromatic carbocycles. The van der Waals surface area contributed by atoms with Crippen molar-refractivity contribution >= 4 is 21.7 Å². The molecule has 0 aliphatic carbocycles. The molecule has 0 radical (unpaired) electrons. The number of hydrogen-bond donors (Lipinski definition) is 0. The molecule has 2 aromatic rings. The van der Waals surface area contributed by atoms with Crippen molar-refractivity contribution < 1.29 is 22.4 Å². The van der Waals surface area contributed by atoms with E-state index in [1.165, 1.54) is 12.1 Å². The summed E-state index contributed by atoms with van der Waals surface area (Å²) >= 11 is 2.97. The number of carbonyl (C=O) groups is 1. The quantitative estimate of drug-likeness (QED) is 0.626. The Kier molecular flexibility index (Phi) is 3.06. The van der Waals surface area contributed by atoms with Crippen molar-refractivity contribution in [2.24, 2.45) is 0 Å². The normalized spacial score (nSPS) is 10.6. The van der Waals surface area contributed by atoms with Crippen molar-refractivity contribution in [2.75, 3.05) is 0 Å². The fraction of sp³-hybridized carbons (Fsp3) is 0. The third-order valence-corrected chi connectivity index (χ3v) is 2.50. The lowest BCUT2D eigenvalue weighted by Crippen LogP contribution is -2.06. The van der Waals surface area contributed by atoms with E-state index in [-0.39, 0.29) is 10.4 Å². The van der Waals surface area contributed by atoms with Crippen molar-refractivity contribution in [3.8, 4) is 0 Å². The van der Waals surface area contributed by atoms with Gasteiger partial charge in [-0.1, -0.05) is 0 Å². The Balaban J connectivity index is 2.48. The van der Waals surface area contributed by atoms with Gasteiger partial charge in [0.25, 0.3) is 0 Å². The van der Waals surface area contributed by atoms with Gasteiger partial charge in [-0.25, -0.2) is 13.2 Å². The second-order valence-electron chi connectivity index (χ2n) is 3.16. The van der Waals surface area contributed by atoms with Gasteiger partial charge in [-0.05, 0) is 40.2 Å². The zero-order valence-electron chi connectivity index (χ0n) is 8.14. The summed E-state index contributed by atoms with van der Waals surface area (Å²) in [5.74, 6) is -5.57. The molecule has 1 heterocycles. The van der Waals surface area contributed by atoms with Crippen LogP contribution >= 0.6 is 15.9 Å². The monoisotopic (exact) mass is 304 g/mol. The standard InChI is InChI=1S/C11H4BrF3O2/c12-8-4-3-7(17-8)11(16)5-1-2-6(13)10(15)9(5)14/h1-4H. The van der Waals surface area contributed by atoms with Crippen molar-refractivity contribution in [3.63, 3.8) is 0 Å². The lowest BCUT2D eigenvalue weighted by Gasteiger charge is -2.01. The number of benzene rings is 1. The SMILES string of the molecule is O=C(c1ccc(Br)o1)c1ccc(F)c(F)c1F. The molecule has 0 amide bonds. The molecule has 17 heavy (non-hydrogen) atoms. The summed E-state index contributed by atoms with van der Waals surface area (Å²) in [7, 11) is 0. The molecular formula is C11H4BrF3O2. The van der Waals surface area contributed by atoms with Gasteiger partial charge in [0, 0.05) is 0 Å². The van der Waals surface area contributed by atoms with Crippen molar-refractivity contribution in [1.29, 1.82) is 0 Å². The first-order chi connectivity index (χ1) is 8.00. The first-order valence-electron chi connectivity index (χ1n) is 4.44. The van der Waals surface area contributed by atoms with Crippen LogP contribution in [-0.2, 0) is 0 Å². The number of rotatable bonds is 2. The molecule has 6 heteroatoms. The van der Waals surface area contributed by atoms with Crippen molar-refractivity contribution in [1.82, 2.24) is 0 Å². The van der Waals surface area contributed by atoms with E-state index in [4.69, 9.17) is 4.42 Å². The van der Waals surface area contributed by atoms with E-state index in [0.717, 1.165) is 6.07 Å². The molecule has 0 spiro atoms. The minimum atomic E-state index is -1.68. The highest BCUT2D eigenvalue weighted by atomic mass is 79.9. The van der Waals surface area contributed by atoms with Gasteiger partial charge in [0.2, 0.25) is 5.78 Å². The van der Waals surface area contributed by atoms with Crippen LogP contribution in [0.4, 0.5) is 13.2 Å². The van der Waals surface area contributed by atoms with Crippen LogP contribution in [0.3, 0.4) is 0 Å². The molecule has 0 aliphatic heterocycles. The largest absolute Gasteiger partial charge is 0.446 e. The molecule has 0 fully saturated rings. The van der Waals surface area contributed by atoms with Gasteiger partial charge < -0.3 is 4.42 Å². The fourth-order valence-electron chi connectivity index (χ4n) is 1.27. The molecular weight excluding hydrogens is 301 g/mol. The third kappa shape index (κ3) is 2.12. The maximum Gasteiger partial charge on any atom is 0.231 e. The molecule has 0 aliphatic rings. The van der Waals surface area contributed by atoms with Gasteiger partial charge in [0.1, 0.15) is 0 Å². The molecule has 1 aromatic heterocycles. The van der Waals surface area contributed by atoms with Gasteiger partial charge in [-0.3, -0.25) is 4.79 Å². The maximum atomic E-state index is 13.3. The second-order valence-corrected chi connectivity index (χ2v) is 3.94. The van der Waals surface area contributed by atoms with E-state index >= 15 is 0 Å². The summed E-state index contributed by atoms with van der Waals surface area (Å²) in [5, 5.41) is 0. The Bertz CT molecular complexity index is 592. The van der Waals surface area contributed by atoms with Gasteiger partial charge in [-0.15, -0.1) is 0 Å². The van der Waals surface area contributed by atoms with E-state index in [0.29, 0.717) is 6.07 Å². The van der Waals surface area contributed by atoms with Gasteiger partial charge in [0.05, 0.1) is 5.56 Å². The molecule has 2 rings (SSSR count). The first-order valence-corrected chi connectivity index (χ1v) is 5.23. The highest BCUT2D eigenvalue weighted by Gasteiger charge is 2.21. The predicted octanol–water partition coefficient (Wildman–Crippen LogP) is 3.69. The van der Waals surface area contributed by atoms with Crippen LogP contribution in [0.2, 0.25) is 0 Å². The van der Waals surface area contributed by atoms with E-state index < -0.39 is 28.8 Å². The predicted molar refractivity (Wildman–Crippen MR) is 56.2 cm³/mol. The molecule has 0 atom stereocenters. The lowest BCUT2D eigenvalue weighted by atomic mass is 10.1. The molecule has 88 valence electrons. The van der Waals surface area contributed by atoms with Crippen LogP contribution in [0.5, 0.6) is 0 Å². The van der Waals surface area contributed by atoms with Crippen molar-refractivity contribution in [3.05, 3.63) is 57.7 Å². The Morgan fingerprint density at radius 1 is 1.06 bits per heavy atom. The zero-order chi connectivity index (χ0) is 12.6. The Hall–Kier alpha value is -1.56. The minimum absolute atomic E-state index is 0.165. The van der Waals surface area contributed by atoms with Gasteiger partial charge >= 0.3 is 0 Å². The number of furan rings is 1. The molecule has 0 unspecified atom stereocenters. The van der Waals surface area contributed by atoms with E-state index in [1.54, 1.807) is 0 Å². The summed E-state index contributed by atoms with van der Waals surface area (Å²) in [6, 6.07) is 4.29. The van der Waals surface area contributed by atoms with E-state index in [2.05, 4.69) is 15.9 Å². The second kappa shape index (κ2) is 4.37. The number of halogens is 4. The number of ketones is 1. The van der Waals surface area contributed by atoms with E-state index in [9.17, 15) is 18.0 Å². The average Bonchev–Trinajstić information content (AvgIpc) is 2.72. The summed E-state index contributed by atoms with van der Waals surface area (Å²) in [6.45, 7) is 0. The summed E-state index contributed by atoms with van der Waals surface area (Å²) in [5.41, 5.74) is -0.578. The Morgan fingerprint density at radius 2 is 1.76 bits per heavy atom. The molecule has 0 bridgehead atoms. The molecule has 0 saturated heterocycles. The highest BCUT2D eigenvalue weighted by molar-refractivity contribution is 9.10. The van der Waals surface area contributed by atoms with Crippen LogP contribution in [0.1, 0.15) is 16.1 Å². The first kappa shape index (κ1) is 11.9. The van der Waals surface area contributed by atoms with Crippen molar-refractivity contribution in [2.45, 2.75) is 0 Å². The van der Waals surface area contributed by atoms with Gasteiger partial charge in [0.15, 0.2) is 27.9 Å². The molecule has 2 nitrogen and oxygen atoms in total. The molecule has 0 N–H and O–H groups in total. The number of hydrogen-bond acceptors (Lipinski definition) is 2. The average molecular weight is 305 g/mol. The summed E-state index contributed by atoms with van der Waals surface area (Å²) in [6.07, 6.45) is 0. The topological polar surface area (TPSA) is 30.2 Å². The third-order valence-electron chi connectivity index (χ3n) is 2.08. The fourth-order valence-corrected chi connectivity index (χ4v) is 1.58. The van der Waals surface area contributed by atoms with Crippen LogP contribution < -0.4 is 0 Å². The van der Waals surface area contributed by atoms with Crippen LogP contribution in [0.15, 0.2) is 33.4 Å². The lowest BCUT2D eigenvalue weighted by molar-refractivity contribution is 0.100. The molecule has 0 saturated carbocycles. The minimum Gasteiger partial charge on any atom is -0.446 e. The Labute approximate surface area is 102 Å². The summed E-state index contributed by atoms with van der Waals surface area (Å²) in [4.78, 5) is 11.7.